The van der Waals surface area contributed by atoms with Crippen molar-refractivity contribution in [1.82, 2.24) is 9.80 Å². The molecule has 0 bridgehead atoms. The first-order chi connectivity index (χ1) is 13.1. The Morgan fingerprint density at radius 3 is 2.59 bits per heavy atom. The van der Waals surface area contributed by atoms with Crippen molar-refractivity contribution in [2.24, 2.45) is 0 Å². The third-order valence-electron chi connectivity index (χ3n) is 5.50. The molecule has 6 nitrogen and oxygen atoms in total. The zero-order valence-corrected chi connectivity index (χ0v) is 16.4. The standard InChI is InChI=1S/C20H25N3O3S/c1-14-13-17(21-19(24)16-5-4-12-26-16)27-18(14)20(25)23-10-6-15(7-11-23)22-8-2-3-9-22/h4-5,12-13,15H,2-3,6-11H2,1H3,(H,21,24). The van der Waals surface area contributed by atoms with Crippen molar-refractivity contribution in [2.75, 3.05) is 31.5 Å². The van der Waals surface area contributed by atoms with Gasteiger partial charge >= 0.3 is 0 Å². The minimum atomic E-state index is -0.299. The maximum atomic E-state index is 13.0. The average Bonchev–Trinajstić information content (AvgIpc) is 3.43. The van der Waals surface area contributed by atoms with Gasteiger partial charge in [-0.15, -0.1) is 11.3 Å². The van der Waals surface area contributed by atoms with Crippen molar-refractivity contribution in [2.45, 2.75) is 38.6 Å². The van der Waals surface area contributed by atoms with E-state index in [2.05, 4.69) is 10.2 Å². The number of amides is 2. The number of thiophene rings is 1. The highest BCUT2D eigenvalue weighted by molar-refractivity contribution is 7.18. The minimum absolute atomic E-state index is 0.0795. The van der Waals surface area contributed by atoms with Gasteiger partial charge in [0.1, 0.15) is 0 Å². The Balaban J connectivity index is 1.37. The number of furan rings is 1. The highest BCUT2D eigenvalue weighted by atomic mass is 32.1. The number of aryl methyl sites for hydroxylation is 1. The van der Waals surface area contributed by atoms with Crippen LogP contribution >= 0.6 is 11.3 Å². The fourth-order valence-corrected chi connectivity index (χ4v) is 5.06. The van der Waals surface area contributed by atoms with Crippen molar-refractivity contribution in [3.63, 3.8) is 0 Å². The van der Waals surface area contributed by atoms with Gasteiger partial charge in [0.25, 0.3) is 11.8 Å². The van der Waals surface area contributed by atoms with Gasteiger partial charge in [-0.2, -0.15) is 0 Å². The average molecular weight is 388 g/mol. The van der Waals surface area contributed by atoms with E-state index in [0.717, 1.165) is 31.5 Å². The molecule has 2 aliphatic heterocycles. The Bertz CT molecular complexity index is 801. The molecule has 0 aliphatic carbocycles. The van der Waals surface area contributed by atoms with Crippen molar-refractivity contribution in [3.05, 3.63) is 40.7 Å². The fraction of sp³-hybridized carbons (Fsp3) is 0.500. The summed E-state index contributed by atoms with van der Waals surface area (Å²) in [5.41, 5.74) is 0.904. The molecule has 0 atom stereocenters. The molecule has 27 heavy (non-hydrogen) atoms. The van der Waals surface area contributed by atoms with Crippen molar-refractivity contribution < 1.29 is 14.0 Å². The first-order valence-corrected chi connectivity index (χ1v) is 10.4. The van der Waals surface area contributed by atoms with E-state index in [4.69, 9.17) is 4.42 Å². The van der Waals surface area contributed by atoms with E-state index in [-0.39, 0.29) is 17.6 Å². The molecule has 4 heterocycles. The number of piperidine rings is 1. The maximum absolute atomic E-state index is 13.0. The summed E-state index contributed by atoms with van der Waals surface area (Å²) in [5.74, 6) is 0.0421. The highest BCUT2D eigenvalue weighted by Gasteiger charge is 2.29. The molecule has 2 amide bonds. The van der Waals surface area contributed by atoms with E-state index in [1.807, 2.05) is 17.9 Å². The molecule has 2 aliphatic rings. The molecule has 7 heteroatoms. The molecule has 0 unspecified atom stereocenters. The Hall–Kier alpha value is -2.12. The summed E-state index contributed by atoms with van der Waals surface area (Å²) in [6.45, 7) is 5.96. The second-order valence-electron chi connectivity index (χ2n) is 7.32. The van der Waals surface area contributed by atoms with Gasteiger partial charge in [-0.1, -0.05) is 0 Å². The van der Waals surface area contributed by atoms with Crippen LogP contribution in [0.5, 0.6) is 0 Å². The van der Waals surface area contributed by atoms with Crippen LogP contribution in [0, 0.1) is 6.92 Å². The molecule has 2 fully saturated rings. The number of hydrogen-bond acceptors (Lipinski definition) is 5. The van der Waals surface area contributed by atoms with Gasteiger partial charge in [-0.05, 0) is 69.5 Å². The van der Waals surface area contributed by atoms with E-state index in [9.17, 15) is 9.59 Å². The van der Waals surface area contributed by atoms with Crippen LogP contribution in [0.1, 0.15) is 51.5 Å². The van der Waals surface area contributed by atoms with Crippen molar-refractivity contribution >= 4 is 28.2 Å². The van der Waals surface area contributed by atoms with Gasteiger partial charge < -0.3 is 19.5 Å². The summed E-state index contributed by atoms with van der Waals surface area (Å²) in [6, 6.07) is 5.78. The number of nitrogens with zero attached hydrogens (tertiary/aromatic N) is 2. The molecule has 1 N–H and O–H groups in total. The second-order valence-corrected chi connectivity index (χ2v) is 8.37. The van der Waals surface area contributed by atoms with Crippen LogP contribution in [0.25, 0.3) is 0 Å². The first kappa shape index (κ1) is 18.3. The van der Waals surface area contributed by atoms with E-state index in [1.54, 1.807) is 12.1 Å². The monoisotopic (exact) mass is 387 g/mol. The van der Waals surface area contributed by atoms with E-state index in [1.165, 1.54) is 43.5 Å². The lowest BCUT2D eigenvalue weighted by molar-refractivity contribution is 0.0648. The predicted octanol–water partition coefficient (Wildman–Crippen LogP) is 3.60. The van der Waals surface area contributed by atoms with Crippen LogP contribution in [-0.4, -0.2) is 53.8 Å². The molecule has 4 rings (SSSR count). The summed E-state index contributed by atoms with van der Waals surface area (Å²) >= 11 is 1.34. The molecule has 2 aromatic rings. The zero-order valence-electron chi connectivity index (χ0n) is 15.6. The van der Waals surface area contributed by atoms with Gasteiger partial charge in [-0.3, -0.25) is 9.59 Å². The lowest BCUT2D eigenvalue weighted by Crippen LogP contribution is -2.45. The zero-order chi connectivity index (χ0) is 18.8. The van der Waals surface area contributed by atoms with Gasteiger partial charge in [-0.25, -0.2) is 0 Å². The summed E-state index contributed by atoms with van der Waals surface area (Å²) in [4.78, 5) is 30.4. The normalized spacial score (nSPS) is 18.8. The molecule has 2 aromatic heterocycles. The Kier molecular flexibility index (Phi) is 5.31. The minimum Gasteiger partial charge on any atom is -0.459 e. The number of hydrogen-bond donors (Lipinski definition) is 1. The summed E-state index contributed by atoms with van der Waals surface area (Å²) in [6.07, 6.45) is 6.19. The van der Waals surface area contributed by atoms with Gasteiger partial charge in [0.2, 0.25) is 0 Å². The molecular formula is C20H25N3O3S. The van der Waals surface area contributed by atoms with Crippen LogP contribution < -0.4 is 5.32 Å². The summed E-state index contributed by atoms with van der Waals surface area (Å²) < 4.78 is 5.11. The van der Waals surface area contributed by atoms with Gasteiger partial charge in [0.05, 0.1) is 16.1 Å². The molecule has 0 radical (unpaired) electrons. The Morgan fingerprint density at radius 2 is 1.93 bits per heavy atom. The van der Waals surface area contributed by atoms with E-state index >= 15 is 0 Å². The quantitative estimate of drug-likeness (QED) is 0.870. The number of anilines is 1. The van der Waals surface area contributed by atoms with Crippen LogP contribution in [0.15, 0.2) is 28.9 Å². The Labute approximate surface area is 163 Å². The number of likely N-dealkylation sites (tertiary alicyclic amines) is 2. The molecule has 0 spiro atoms. The van der Waals surface area contributed by atoms with Crippen LogP contribution in [0.2, 0.25) is 0 Å². The Morgan fingerprint density at radius 1 is 1.19 bits per heavy atom. The van der Waals surface area contributed by atoms with Crippen molar-refractivity contribution in [3.8, 4) is 0 Å². The third-order valence-corrected chi connectivity index (χ3v) is 6.64. The number of nitrogens with one attached hydrogen (secondary N) is 1. The highest BCUT2D eigenvalue weighted by Crippen LogP contribution is 2.30. The number of carbonyl (C=O) groups is 2. The molecule has 0 aromatic carbocycles. The van der Waals surface area contributed by atoms with Crippen LogP contribution in [-0.2, 0) is 0 Å². The van der Waals surface area contributed by atoms with Gasteiger partial charge in [0.15, 0.2) is 5.76 Å². The lowest BCUT2D eigenvalue weighted by atomic mass is 10.0. The topological polar surface area (TPSA) is 65.8 Å². The third kappa shape index (κ3) is 3.94. The van der Waals surface area contributed by atoms with Crippen LogP contribution in [0.4, 0.5) is 5.00 Å². The summed E-state index contributed by atoms with van der Waals surface area (Å²) in [7, 11) is 0. The van der Waals surface area contributed by atoms with Crippen LogP contribution in [0.3, 0.4) is 0 Å². The fourth-order valence-electron chi connectivity index (χ4n) is 4.02. The summed E-state index contributed by atoms with van der Waals surface area (Å²) in [5, 5.41) is 3.49. The second kappa shape index (κ2) is 7.86. The SMILES string of the molecule is Cc1cc(NC(=O)c2ccco2)sc1C(=O)N1CCC(N2CCCC2)CC1. The molecule has 0 saturated carbocycles. The largest absolute Gasteiger partial charge is 0.459 e. The van der Waals surface area contributed by atoms with E-state index < -0.39 is 0 Å². The number of carbonyl (C=O) groups excluding carboxylic acids is 2. The molecular weight excluding hydrogens is 362 g/mol. The maximum Gasteiger partial charge on any atom is 0.291 e. The van der Waals surface area contributed by atoms with E-state index in [0.29, 0.717) is 15.9 Å². The lowest BCUT2D eigenvalue weighted by Gasteiger charge is -2.36. The first-order valence-electron chi connectivity index (χ1n) is 9.60. The van der Waals surface area contributed by atoms with Gasteiger partial charge in [0, 0.05) is 19.1 Å². The molecule has 2 saturated heterocycles. The number of rotatable bonds is 4. The predicted molar refractivity (Wildman–Crippen MR) is 105 cm³/mol. The molecule has 144 valence electrons. The van der Waals surface area contributed by atoms with Crippen molar-refractivity contribution in [1.29, 1.82) is 0 Å². The smallest absolute Gasteiger partial charge is 0.291 e.